The van der Waals surface area contributed by atoms with Crippen LogP contribution in [0.25, 0.3) is 11.0 Å². The van der Waals surface area contributed by atoms with Gasteiger partial charge >= 0.3 is 0 Å². The number of rotatable bonds is 2. The first-order valence-electron chi connectivity index (χ1n) is 5.92. The highest BCUT2D eigenvalue weighted by Crippen LogP contribution is 2.35. The van der Waals surface area contributed by atoms with Gasteiger partial charge in [-0.25, -0.2) is 9.97 Å². The fourth-order valence-electron chi connectivity index (χ4n) is 2.35. The van der Waals surface area contributed by atoms with Gasteiger partial charge in [0.25, 0.3) is 0 Å². The fourth-order valence-corrected chi connectivity index (χ4v) is 3.54. The highest BCUT2D eigenvalue weighted by molar-refractivity contribution is 14.1. The highest BCUT2D eigenvalue weighted by Gasteiger charge is 2.43. The van der Waals surface area contributed by atoms with E-state index in [1.807, 2.05) is 0 Å². The molecule has 0 amide bonds. The number of hydrogen-bond donors (Lipinski definition) is 3. The van der Waals surface area contributed by atoms with Gasteiger partial charge in [0.05, 0.1) is 5.39 Å². The largest absolute Gasteiger partial charge is 0.387 e. The summed E-state index contributed by atoms with van der Waals surface area (Å²) >= 11 is 8.17. The predicted molar refractivity (Wildman–Crippen MR) is 80.2 cm³/mol. The van der Waals surface area contributed by atoms with Gasteiger partial charge in [0.15, 0.2) is 6.23 Å². The van der Waals surface area contributed by atoms with E-state index in [9.17, 15) is 10.2 Å². The maximum absolute atomic E-state index is 10.1. The van der Waals surface area contributed by atoms with Crippen LogP contribution < -0.4 is 5.73 Å². The lowest BCUT2D eigenvalue weighted by Crippen LogP contribution is -2.35. The Hall–Kier alpha value is -0.520. The molecule has 3 heterocycles. The third-order valence-electron chi connectivity index (χ3n) is 3.36. The molecule has 1 fully saturated rings. The lowest BCUT2D eigenvalue weighted by Gasteiger charge is -2.17. The van der Waals surface area contributed by atoms with E-state index in [-0.39, 0.29) is 6.54 Å². The SMILES string of the molecule is NCC1OC(n2cc(I)c3c(Cl)ncnc32)C(O)C1O. The summed E-state index contributed by atoms with van der Waals surface area (Å²) in [6.07, 6.45) is -0.375. The molecule has 0 radical (unpaired) electrons. The predicted octanol–water partition coefficient (Wildman–Crippen LogP) is 0.267. The van der Waals surface area contributed by atoms with Gasteiger partial charge in [0.2, 0.25) is 0 Å². The van der Waals surface area contributed by atoms with E-state index in [1.165, 1.54) is 6.33 Å². The van der Waals surface area contributed by atoms with E-state index in [4.69, 9.17) is 22.1 Å². The molecule has 0 saturated carbocycles. The molecule has 108 valence electrons. The molecule has 0 bridgehead atoms. The van der Waals surface area contributed by atoms with Crippen molar-refractivity contribution in [3.05, 3.63) is 21.2 Å². The van der Waals surface area contributed by atoms with Crippen LogP contribution in [0.4, 0.5) is 0 Å². The van der Waals surface area contributed by atoms with Gasteiger partial charge in [-0.05, 0) is 22.6 Å². The van der Waals surface area contributed by atoms with Crippen LogP contribution in [0.1, 0.15) is 6.23 Å². The van der Waals surface area contributed by atoms with Crippen molar-refractivity contribution >= 4 is 45.2 Å². The summed E-state index contributed by atoms with van der Waals surface area (Å²) in [4.78, 5) is 8.11. The Morgan fingerprint density at radius 2 is 2.15 bits per heavy atom. The molecule has 4 unspecified atom stereocenters. The average Bonchev–Trinajstić information content (AvgIpc) is 2.90. The van der Waals surface area contributed by atoms with Crippen LogP contribution in [0.15, 0.2) is 12.5 Å². The molecule has 2 aromatic rings. The Labute approximate surface area is 132 Å². The van der Waals surface area contributed by atoms with Gasteiger partial charge in [-0.2, -0.15) is 0 Å². The zero-order valence-electron chi connectivity index (χ0n) is 10.1. The summed E-state index contributed by atoms with van der Waals surface area (Å²) < 4.78 is 8.10. The Morgan fingerprint density at radius 1 is 1.40 bits per heavy atom. The molecule has 4 atom stereocenters. The molecule has 20 heavy (non-hydrogen) atoms. The first kappa shape index (κ1) is 14.4. The van der Waals surface area contributed by atoms with E-state index < -0.39 is 24.5 Å². The highest BCUT2D eigenvalue weighted by atomic mass is 127. The molecule has 1 saturated heterocycles. The number of halogens is 2. The van der Waals surface area contributed by atoms with Crippen molar-refractivity contribution in [2.24, 2.45) is 5.73 Å². The number of nitrogens with zero attached hydrogens (tertiary/aromatic N) is 3. The maximum Gasteiger partial charge on any atom is 0.164 e. The fraction of sp³-hybridized carbons (Fsp3) is 0.455. The molecular formula is C11H12ClIN4O3. The number of aliphatic hydroxyl groups is 2. The van der Waals surface area contributed by atoms with Crippen LogP contribution >= 0.6 is 34.2 Å². The molecular weight excluding hydrogens is 399 g/mol. The minimum Gasteiger partial charge on any atom is -0.387 e. The van der Waals surface area contributed by atoms with Crippen LogP contribution in [-0.2, 0) is 4.74 Å². The standard InChI is InChI=1S/C11H12ClIN4O3/c12-9-6-4(13)2-17(10(6)16-3-15-9)11-8(19)7(18)5(1-14)20-11/h2-3,5,7-8,11,18-19H,1,14H2. The van der Waals surface area contributed by atoms with E-state index in [1.54, 1.807) is 10.8 Å². The molecule has 2 aromatic heterocycles. The number of hydrogen-bond acceptors (Lipinski definition) is 6. The van der Waals surface area contributed by atoms with Gasteiger partial charge in [-0.15, -0.1) is 0 Å². The minimum absolute atomic E-state index is 0.126. The van der Waals surface area contributed by atoms with Crippen molar-refractivity contribution in [3.63, 3.8) is 0 Å². The molecule has 4 N–H and O–H groups in total. The Kier molecular flexibility index (Phi) is 3.86. The van der Waals surface area contributed by atoms with Gasteiger partial charge in [-0.3, -0.25) is 0 Å². The zero-order valence-corrected chi connectivity index (χ0v) is 13.1. The second kappa shape index (κ2) is 5.35. The summed E-state index contributed by atoms with van der Waals surface area (Å²) in [5.74, 6) is 0. The third kappa shape index (κ3) is 2.11. The maximum atomic E-state index is 10.1. The summed E-state index contributed by atoms with van der Waals surface area (Å²) in [5, 5.41) is 21.0. The molecule has 3 rings (SSSR count). The number of nitrogens with two attached hydrogens (primary N) is 1. The first-order valence-corrected chi connectivity index (χ1v) is 7.38. The minimum atomic E-state index is -1.08. The number of ether oxygens (including phenoxy) is 1. The number of fused-ring (bicyclic) bond motifs is 1. The summed E-state index contributed by atoms with van der Waals surface area (Å²) in [6.45, 7) is 0.126. The van der Waals surface area contributed by atoms with E-state index in [0.29, 0.717) is 16.2 Å². The van der Waals surface area contributed by atoms with E-state index in [0.717, 1.165) is 3.57 Å². The Bertz CT molecular complexity index is 652. The van der Waals surface area contributed by atoms with Crippen molar-refractivity contribution in [1.29, 1.82) is 0 Å². The number of aliphatic hydroxyl groups excluding tert-OH is 2. The van der Waals surface area contributed by atoms with Gasteiger partial charge in [0.1, 0.15) is 35.4 Å². The zero-order chi connectivity index (χ0) is 14.4. The average molecular weight is 411 g/mol. The van der Waals surface area contributed by atoms with E-state index in [2.05, 4.69) is 32.6 Å². The van der Waals surface area contributed by atoms with Gasteiger partial charge in [0, 0.05) is 16.3 Å². The lowest BCUT2D eigenvalue weighted by atomic mass is 10.1. The van der Waals surface area contributed by atoms with E-state index >= 15 is 0 Å². The quantitative estimate of drug-likeness (QED) is 0.485. The Morgan fingerprint density at radius 3 is 2.80 bits per heavy atom. The van der Waals surface area contributed by atoms with Crippen molar-refractivity contribution in [2.45, 2.75) is 24.5 Å². The topological polar surface area (TPSA) is 106 Å². The second-order valence-corrected chi connectivity index (χ2v) is 6.05. The molecule has 0 spiro atoms. The molecule has 9 heteroatoms. The van der Waals surface area contributed by atoms with Crippen LogP contribution in [0.2, 0.25) is 5.15 Å². The van der Waals surface area contributed by atoms with Gasteiger partial charge < -0.3 is 25.3 Å². The molecule has 7 nitrogen and oxygen atoms in total. The summed E-state index contributed by atoms with van der Waals surface area (Å²) in [5.41, 5.74) is 6.06. The molecule has 1 aliphatic rings. The molecule has 0 aliphatic carbocycles. The smallest absolute Gasteiger partial charge is 0.164 e. The van der Waals surface area contributed by atoms with Gasteiger partial charge in [-0.1, -0.05) is 11.6 Å². The first-order chi connectivity index (χ1) is 9.54. The Balaban J connectivity index is 2.10. The monoisotopic (exact) mass is 410 g/mol. The molecule has 0 aromatic carbocycles. The second-order valence-electron chi connectivity index (χ2n) is 4.53. The third-order valence-corrected chi connectivity index (χ3v) is 4.46. The van der Waals surface area contributed by atoms with Crippen LogP contribution in [0.3, 0.4) is 0 Å². The van der Waals surface area contributed by atoms with Crippen LogP contribution in [-0.4, -0.2) is 49.6 Å². The van der Waals surface area contributed by atoms with Crippen molar-refractivity contribution in [1.82, 2.24) is 14.5 Å². The normalized spacial score (nSPS) is 30.2. The molecule has 1 aliphatic heterocycles. The van der Waals surface area contributed by atoms with Crippen molar-refractivity contribution in [3.8, 4) is 0 Å². The van der Waals surface area contributed by atoms with Crippen LogP contribution in [0, 0.1) is 3.57 Å². The van der Waals surface area contributed by atoms with Crippen LogP contribution in [0.5, 0.6) is 0 Å². The summed E-state index contributed by atoms with van der Waals surface area (Å²) in [7, 11) is 0. The lowest BCUT2D eigenvalue weighted by molar-refractivity contribution is -0.0319. The summed E-state index contributed by atoms with van der Waals surface area (Å²) in [6, 6.07) is 0. The number of aromatic nitrogens is 3. The van der Waals surface area contributed by atoms with Crippen molar-refractivity contribution in [2.75, 3.05) is 6.54 Å². The van der Waals surface area contributed by atoms with Crippen molar-refractivity contribution < 1.29 is 14.9 Å².